The van der Waals surface area contributed by atoms with Crippen LogP contribution in [0.15, 0.2) is 42.5 Å². The van der Waals surface area contributed by atoms with Gasteiger partial charge in [0.15, 0.2) is 0 Å². The van der Waals surface area contributed by atoms with Crippen molar-refractivity contribution in [2.75, 3.05) is 18.4 Å². The Labute approximate surface area is 132 Å². The predicted octanol–water partition coefficient (Wildman–Crippen LogP) is 3.59. The maximum Gasteiger partial charge on any atom is 0.271 e. The molecule has 2 N–H and O–H groups in total. The van der Waals surface area contributed by atoms with Crippen molar-refractivity contribution in [1.82, 2.24) is 5.32 Å². The van der Waals surface area contributed by atoms with Crippen LogP contribution in [0, 0.1) is 15.9 Å². The van der Waals surface area contributed by atoms with Crippen molar-refractivity contribution in [3.05, 3.63) is 69.0 Å². The summed E-state index contributed by atoms with van der Waals surface area (Å²) in [7, 11) is 0. The van der Waals surface area contributed by atoms with Gasteiger partial charge in [0, 0.05) is 37.3 Å². The van der Waals surface area contributed by atoms with Gasteiger partial charge >= 0.3 is 0 Å². The smallest absolute Gasteiger partial charge is 0.271 e. The normalized spacial score (nSPS) is 10.5. The van der Waals surface area contributed by atoms with E-state index in [9.17, 15) is 14.5 Å². The van der Waals surface area contributed by atoms with Crippen LogP contribution >= 0.6 is 11.6 Å². The zero-order valence-corrected chi connectivity index (χ0v) is 12.4. The lowest BCUT2D eigenvalue weighted by Crippen LogP contribution is -2.22. The highest BCUT2D eigenvalue weighted by molar-refractivity contribution is 6.33. The number of nitro groups is 1. The van der Waals surface area contributed by atoms with E-state index >= 15 is 0 Å². The number of nitro benzene ring substituents is 1. The van der Waals surface area contributed by atoms with Crippen molar-refractivity contribution in [3.63, 3.8) is 0 Å². The summed E-state index contributed by atoms with van der Waals surface area (Å²) in [6, 6.07) is 10.8. The summed E-state index contributed by atoms with van der Waals surface area (Å²) in [6.45, 7) is 1.59. The van der Waals surface area contributed by atoms with Crippen LogP contribution in [-0.4, -0.2) is 18.0 Å². The molecule has 0 saturated heterocycles. The van der Waals surface area contributed by atoms with Gasteiger partial charge in [-0.1, -0.05) is 29.8 Å². The molecule has 0 bridgehead atoms. The number of halogens is 2. The minimum atomic E-state index is -0.494. The van der Waals surface area contributed by atoms with Gasteiger partial charge in [0.1, 0.15) is 5.82 Å². The van der Waals surface area contributed by atoms with E-state index in [1.54, 1.807) is 24.3 Å². The van der Waals surface area contributed by atoms with Crippen molar-refractivity contribution < 1.29 is 9.31 Å². The van der Waals surface area contributed by atoms with E-state index in [4.69, 9.17) is 11.6 Å². The highest BCUT2D eigenvalue weighted by atomic mass is 35.5. The Bertz CT molecular complexity index is 667. The molecule has 0 aliphatic rings. The van der Waals surface area contributed by atoms with Gasteiger partial charge < -0.3 is 10.6 Å². The van der Waals surface area contributed by atoms with Gasteiger partial charge in [0.05, 0.1) is 15.6 Å². The second-order valence-electron chi connectivity index (χ2n) is 4.62. The molecule has 0 radical (unpaired) electrons. The maximum atomic E-state index is 13.4. The fraction of sp³-hybridized carbons (Fsp3) is 0.200. The molecular formula is C15H15ClFN3O2. The predicted molar refractivity (Wildman–Crippen MR) is 84.7 cm³/mol. The van der Waals surface area contributed by atoms with Crippen LogP contribution in [0.3, 0.4) is 0 Å². The van der Waals surface area contributed by atoms with E-state index in [0.717, 1.165) is 0 Å². The number of nitrogens with one attached hydrogen (secondary N) is 2. The first-order chi connectivity index (χ1) is 10.6. The Hall–Kier alpha value is -2.18. The molecule has 7 heteroatoms. The first-order valence-electron chi connectivity index (χ1n) is 6.70. The third-order valence-corrected chi connectivity index (χ3v) is 3.37. The van der Waals surface area contributed by atoms with Crippen molar-refractivity contribution >= 4 is 23.0 Å². The van der Waals surface area contributed by atoms with Gasteiger partial charge in [-0.25, -0.2) is 4.39 Å². The Balaban J connectivity index is 1.77. The fourth-order valence-corrected chi connectivity index (χ4v) is 2.15. The van der Waals surface area contributed by atoms with Crippen LogP contribution in [0.1, 0.15) is 5.56 Å². The number of non-ortho nitro benzene ring substituents is 1. The number of hydrogen-bond acceptors (Lipinski definition) is 4. The van der Waals surface area contributed by atoms with Crippen LogP contribution in [0.5, 0.6) is 0 Å². The minimum absolute atomic E-state index is 0.0479. The number of benzene rings is 2. The van der Waals surface area contributed by atoms with Gasteiger partial charge in [0.25, 0.3) is 5.69 Å². The summed E-state index contributed by atoms with van der Waals surface area (Å²) in [5, 5.41) is 17.1. The monoisotopic (exact) mass is 323 g/mol. The van der Waals surface area contributed by atoms with Gasteiger partial charge in [0.2, 0.25) is 0 Å². The highest BCUT2D eigenvalue weighted by Crippen LogP contribution is 2.26. The summed E-state index contributed by atoms with van der Waals surface area (Å²) in [5.74, 6) is -0.235. The molecular weight excluding hydrogens is 309 g/mol. The molecule has 5 nitrogen and oxygen atoms in total. The second-order valence-corrected chi connectivity index (χ2v) is 5.02. The fourth-order valence-electron chi connectivity index (χ4n) is 1.91. The van der Waals surface area contributed by atoms with Crippen molar-refractivity contribution in [1.29, 1.82) is 0 Å². The SMILES string of the molecule is O=[N+]([O-])c1ccc(NCCNCc2ccccc2F)c(Cl)c1. The summed E-state index contributed by atoms with van der Waals surface area (Å²) in [6.07, 6.45) is 0. The van der Waals surface area contributed by atoms with Crippen molar-refractivity contribution in [2.24, 2.45) is 0 Å². The first-order valence-corrected chi connectivity index (χ1v) is 7.07. The lowest BCUT2D eigenvalue weighted by atomic mass is 10.2. The van der Waals surface area contributed by atoms with Crippen LogP contribution in [0.2, 0.25) is 5.02 Å². The van der Waals surface area contributed by atoms with Gasteiger partial charge in [-0.15, -0.1) is 0 Å². The molecule has 0 amide bonds. The molecule has 2 aromatic rings. The van der Waals surface area contributed by atoms with Gasteiger partial charge in [-0.3, -0.25) is 10.1 Å². The van der Waals surface area contributed by atoms with E-state index in [1.807, 2.05) is 0 Å². The second kappa shape index (κ2) is 7.72. The van der Waals surface area contributed by atoms with E-state index in [2.05, 4.69) is 10.6 Å². The zero-order valence-electron chi connectivity index (χ0n) is 11.7. The van der Waals surface area contributed by atoms with Gasteiger partial charge in [-0.05, 0) is 12.1 Å². The van der Waals surface area contributed by atoms with E-state index in [-0.39, 0.29) is 11.5 Å². The summed E-state index contributed by atoms with van der Waals surface area (Å²) in [5.41, 5.74) is 1.18. The maximum absolute atomic E-state index is 13.4. The van der Waals surface area contributed by atoms with Crippen LogP contribution in [0.4, 0.5) is 15.8 Å². The van der Waals surface area contributed by atoms with Crippen LogP contribution in [0.25, 0.3) is 0 Å². The number of anilines is 1. The molecule has 0 atom stereocenters. The van der Waals surface area contributed by atoms with Crippen LogP contribution in [-0.2, 0) is 6.54 Å². The lowest BCUT2D eigenvalue weighted by molar-refractivity contribution is -0.384. The summed E-state index contributed by atoms with van der Waals surface area (Å²) >= 11 is 5.97. The molecule has 22 heavy (non-hydrogen) atoms. The molecule has 0 unspecified atom stereocenters. The Morgan fingerprint density at radius 1 is 1.18 bits per heavy atom. The third-order valence-electron chi connectivity index (χ3n) is 3.05. The number of rotatable bonds is 7. The molecule has 2 rings (SSSR count). The Morgan fingerprint density at radius 2 is 1.95 bits per heavy atom. The van der Waals surface area contributed by atoms with E-state index in [1.165, 1.54) is 18.2 Å². The Kier molecular flexibility index (Phi) is 5.68. The molecule has 0 aliphatic carbocycles. The standard InChI is InChI=1S/C15H15ClFN3O2/c16-13-9-12(20(21)22)5-6-15(13)19-8-7-18-10-11-3-1-2-4-14(11)17/h1-6,9,18-19H,7-8,10H2. The molecule has 116 valence electrons. The first kappa shape index (κ1) is 16.2. The molecule has 0 fully saturated rings. The largest absolute Gasteiger partial charge is 0.383 e. The van der Waals surface area contributed by atoms with E-state index < -0.39 is 4.92 Å². The average molecular weight is 324 g/mol. The van der Waals surface area contributed by atoms with E-state index in [0.29, 0.717) is 35.9 Å². The number of hydrogen-bond donors (Lipinski definition) is 2. The topological polar surface area (TPSA) is 67.2 Å². The van der Waals surface area contributed by atoms with Crippen LogP contribution < -0.4 is 10.6 Å². The van der Waals surface area contributed by atoms with Gasteiger partial charge in [-0.2, -0.15) is 0 Å². The lowest BCUT2D eigenvalue weighted by Gasteiger charge is -2.09. The molecule has 0 saturated carbocycles. The average Bonchev–Trinajstić information content (AvgIpc) is 2.50. The molecule has 2 aromatic carbocycles. The summed E-state index contributed by atoms with van der Waals surface area (Å²) < 4.78 is 13.4. The number of nitrogens with zero attached hydrogens (tertiary/aromatic N) is 1. The molecule has 0 aliphatic heterocycles. The van der Waals surface area contributed by atoms with Crippen molar-refractivity contribution in [3.8, 4) is 0 Å². The minimum Gasteiger partial charge on any atom is -0.383 e. The highest BCUT2D eigenvalue weighted by Gasteiger charge is 2.08. The Morgan fingerprint density at radius 3 is 2.64 bits per heavy atom. The molecule has 0 spiro atoms. The molecule has 0 aromatic heterocycles. The molecule has 0 heterocycles. The van der Waals surface area contributed by atoms with Crippen molar-refractivity contribution in [2.45, 2.75) is 6.54 Å². The zero-order chi connectivity index (χ0) is 15.9. The third kappa shape index (κ3) is 4.41. The quantitative estimate of drug-likeness (QED) is 0.464. The summed E-state index contributed by atoms with van der Waals surface area (Å²) in [4.78, 5) is 10.1.